The Balaban J connectivity index is 1.38. The van der Waals surface area contributed by atoms with E-state index in [-0.39, 0.29) is 24.5 Å². The van der Waals surface area contributed by atoms with Crippen molar-refractivity contribution in [2.45, 2.75) is 146 Å². The summed E-state index contributed by atoms with van der Waals surface area (Å²) in [5.74, 6) is 0.223. The molecule has 5 rings (SSSR count). The average Bonchev–Trinajstić information content (AvgIpc) is 3.48. The van der Waals surface area contributed by atoms with Crippen LogP contribution in [-0.4, -0.2) is 116 Å². The number of epoxide rings is 1. The quantitative estimate of drug-likeness (QED) is 0.196. The van der Waals surface area contributed by atoms with Gasteiger partial charge in [-0.3, -0.25) is 0 Å². The fraction of sp³-hybridized carbons (Fsp3) is 0.871. The Labute approximate surface area is 248 Å². The lowest BCUT2D eigenvalue weighted by atomic mass is 9.67. The summed E-state index contributed by atoms with van der Waals surface area (Å²) >= 11 is 0. The van der Waals surface area contributed by atoms with Crippen LogP contribution in [0.5, 0.6) is 0 Å². The fourth-order valence-corrected chi connectivity index (χ4v) is 7.75. The van der Waals surface area contributed by atoms with Crippen LogP contribution in [0.2, 0.25) is 0 Å². The average molecular weight is 599 g/mol. The van der Waals surface area contributed by atoms with E-state index in [0.29, 0.717) is 6.42 Å². The Hall–Kier alpha value is -0.960. The summed E-state index contributed by atoms with van der Waals surface area (Å²) in [5, 5.41) is 63.7. The van der Waals surface area contributed by atoms with Crippen molar-refractivity contribution in [2.75, 3.05) is 6.61 Å². The highest BCUT2D eigenvalue weighted by Gasteiger charge is 2.65. The molecule has 11 nitrogen and oxygen atoms in total. The summed E-state index contributed by atoms with van der Waals surface area (Å²) < 4.78 is 30.3. The van der Waals surface area contributed by atoms with E-state index in [1.54, 1.807) is 6.92 Å². The molecule has 6 N–H and O–H groups in total. The molecule has 1 saturated carbocycles. The summed E-state index contributed by atoms with van der Waals surface area (Å²) in [4.78, 5) is 0. The number of allylic oxidation sites excluding steroid dienone is 2. The SMILES string of the molecule is C=C(C)C1CCC2(C)C1CC(O)C(C)=CCCC1(C)OC1C2OC1OC(C)C(OC2OCC(O)C(O)C2O)C(O)C1O. The topological polar surface area (TPSA) is 171 Å². The number of hydrogen-bond donors (Lipinski definition) is 6. The van der Waals surface area contributed by atoms with E-state index in [4.69, 9.17) is 23.7 Å². The van der Waals surface area contributed by atoms with Crippen molar-refractivity contribution in [3.63, 3.8) is 0 Å². The van der Waals surface area contributed by atoms with Crippen molar-refractivity contribution >= 4 is 0 Å². The summed E-state index contributed by atoms with van der Waals surface area (Å²) in [6.45, 7) is 13.9. The van der Waals surface area contributed by atoms with Gasteiger partial charge in [-0.05, 0) is 77.2 Å². The second-order valence-corrected chi connectivity index (χ2v) is 13.8. The molecule has 4 fully saturated rings. The van der Waals surface area contributed by atoms with Gasteiger partial charge in [-0.15, -0.1) is 0 Å². The van der Waals surface area contributed by atoms with Crippen LogP contribution in [0.3, 0.4) is 0 Å². The highest BCUT2D eigenvalue weighted by Crippen LogP contribution is 2.59. The summed E-state index contributed by atoms with van der Waals surface area (Å²) in [6, 6.07) is 0. The molecule has 0 bridgehead atoms. The molecule has 0 aromatic rings. The van der Waals surface area contributed by atoms with E-state index >= 15 is 0 Å². The third kappa shape index (κ3) is 5.88. The molecule has 42 heavy (non-hydrogen) atoms. The standard InChI is InChI=1S/C31H50O11/c1-14(2)17-9-11-30(5)18(17)12-19(32)15(3)8-7-10-31(6)27(42-31)26(30)41-29-24(37)22(35)25(16(4)39-29)40-28-23(36)21(34)20(33)13-38-28/h8,16-29,32-37H,1,7,9-13H2,2-6H3. The minimum Gasteiger partial charge on any atom is -0.389 e. The summed E-state index contributed by atoms with van der Waals surface area (Å²) in [6.07, 6.45) is -7.20. The number of ether oxygens (including phenoxy) is 5. The van der Waals surface area contributed by atoms with Crippen LogP contribution in [0.25, 0.3) is 0 Å². The lowest BCUT2D eigenvalue weighted by Crippen LogP contribution is -2.63. The van der Waals surface area contributed by atoms with E-state index in [2.05, 4.69) is 26.5 Å². The van der Waals surface area contributed by atoms with Gasteiger partial charge in [0.25, 0.3) is 0 Å². The third-order valence-electron chi connectivity index (χ3n) is 10.7. The van der Waals surface area contributed by atoms with E-state index < -0.39 is 78.5 Å². The smallest absolute Gasteiger partial charge is 0.186 e. The number of aliphatic hydroxyl groups is 6. The first-order chi connectivity index (χ1) is 19.7. The largest absolute Gasteiger partial charge is 0.389 e. The van der Waals surface area contributed by atoms with Crippen LogP contribution >= 0.6 is 0 Å². The molecule has 16 atom stereocenters. The Bertz CT molecular complexity index is 1020. The minimum absolute atomic E-state index is 0.0378. The predicted molar refractivity (Wildman–Crippen MR) is 150 cm³/mol. The third-order valence-corrected chi connectivity index (χ3v) is 10.7. The number of rotatable bonds is 5. The second kappa shape index (κ2) is 12.1. The number of hydrogen-bond acceptors (Lipinski definition) is 11. The molecule has 2 aliphatic carbocycles. The van der Waals surface area contributed by atoms with E-state index in [1.165, 1.54) is 0 Å². The molecule has 240 valence electrons. The fourth-order valence-electron chi connectivity index (χ4n) is 7.75. The van der Waals surface area contributed by atoms with Gasteiger partial charge in [0.15, 0.2) is 12.6 Å². The second-order valence-electron chi connectivity index (χ2n) is 13.8. The van der Waals surface area contributed by atoms with Crippen molar-refractivity contribution in [1.82, 2.24) is 0 Å². The molecule has 5 aliphatic rings. The molecule has 3 heterocycles. The van der Waals surface area contributed by atoms with Crippen LogP contribution < -0.4 is 0 Å². The first-order valence-corrected chi connectivity index (χ1v) is 15.3. The van der Waals surface area contributed by atoms with Gasteiger partial charge in [-0.2, -0.15) is 0 Å². The minimum atomic E-state index is -1.55. The van der Waals surface area contributed by atoms with Gasteiger partial charge in [0.2, 0.25) is 0 Å². The molecule has 0 spiro atoms. The monoisotopic (exact) mass is 598 g/mol. The first kappa shape index (κ1) is 32.4. The van der Waals surface area contributed by atoms with Crippen molar-refractivity contribution in [2.24, 2.45) is 17.3 Å². The Morgan fingerprint density at radius 2 is 1.67 bits per heavy atom. The van der Waals surface area contributed by atoms with Crippen molar-refractivity contribution in [3.8, 4) is 0 Å². The zero-order valence-corrected chi connectivity index (χ0v) is 25.3. The van der Waals surface area contributed by atoms with Gasteiger partial charge < -0.3 is 54.3 Å². The van der Waals surface area contributed by atoms with Crippen LogP contribution in [-0.2, 0) is 23.7 Å². The maximum absolute atomic E-state index is 11.2. The molecule has 0 amide bonds. The normalized spacial score (nSPS) is 53.4. The Morgan fingerprint density at radius 3 is 2.36 bits per heavy atom. The summed E-state index contributed by atoms with van der Waals surface area (Å²) in [7, 11) is 0. The van der Waals surface area contributed by atoms with Gasteiger partial charge in [0, 0.05) is 5.41 Å². The van der Waals surface area contributed by atoms with Gasteiger partial charge in [0.05, 0.1) is 30.5 Å². The van der Waals surface area contributed by atoms with Gasteiger partial charge in [-0.25, -0.2) is 0 Å². The van der Waals surface area contributed by atoms with Gasteiger partial charge in [-0.1, -0.05) is 25.2 Å². The molecular formula is C31H50O11. The predicted octanol–water partition coefficient (Wildman–Crippen LogP) is 0.920. The van der Waals surface area contributed by atoms with Crippen LogP contribution in [0.1, 0.15) is 66.7 Å². The van der Waals surface area contributed by atoms with Crippen LogP contribution in [0.4, 0.5) is 0 Å². The molecule has 3 aliphatic heterocycles. The molecule has 0 radical (unpaired) electrons. The molecular weight excluding hydrogens is 548 g/mol. The zero-order valence-electron chi connectivity index (χ0n) is 25.3. The highest BCUT2D eigenvalue weighted by molar-refractivity contribution is 5.18. The Kier molecular flexibility index (Phi) is 9.34. The number of aliphatic hydroxyl groups excluding tert-OH is 6. The highest BCUT2D eigenvalue weighted by atomic mass is 16.7. The zero-order chi connectivity index (χ0) is 30.7. The molecule has 0 aromatic heterocycles. The lowest BCUT2D eigenvalue weighted by Gasteiger charge is -2.47. The summed E-state index contributed by atoms with van der Waals surface area (Å²) in [5.41, 5.74) is 1.13. The van der Waals surface area contributed by atoms with Crippen molar-refractivity contribution in [1.29, 1.82) is 0 Å². The number of fused-ring (bicyclic) bond motifs is 2. The maximum atomic E-state index is 11.2. The van der Waals surface area contributed by atoms with Crippen LogP contribution in [0, 0.1) is 17.3 Å². The van der Waals surface area contributed by atoms with Gasteiger partial charge >= 0.3 is 0 Å². The van der Waals surface area contributed by atoms with E-state index in [9.17, 15) is 30.6 Å². The lowest BCUT2D eigenvalue weighted by molar-refractivity contribution is -0.353. The van der Waals surface area contributed by atoms with E-state index in [0.717, 1.165) is 36.8 Å². The molecule has 11 heteroatoms. The van der Waals surface area contributed by atoms with Gasteiger partial charge in [0.1, 0.15) is 42.7 Å². The maximum Gasteiger partial charge on any atom is 0.186 e. The molecule has 0 aromatic carbocycles. The Morgan fingerprint density at radius 1 is 0.976 bits per heavy atom. The first-order valence-electron chi connectivity index (χ1n) is 15.3. The molecule has 3 saturated heterocycles. The molecule has 16 unspecified atom stereocenters. The van der Waals surface area contributed by atoms with E-state index in [1.807, 2.05) is 13.8 Å². The van der Waals surface area contributed by atoms with Crippen LogP contribution in [0.15, 0.2) is 23.8 Å². The van der Waals surface area contributed by atoms with Crippen molar-refractivity contribution < 1.29 is 54.3 Å². The van der Waals surface area contributed by atoms with Crippen molar-refractivity contribution in [3.05, 3.63) is 23.8 Å².